The van der Waals surface area contributed by atoms with Gasteiger partial charge < -0.3 is 16.4 Å². The predicted molar refractivity (Wildman–Crippen MR) is 79.9 cm³/mol. The lowest BCUT2D eigenvalue weighted by Gasteiger charge is -2.53. The first-order chi connectivity index (χ1) is 9.35. The first kappa shape index (κ1) is 17.5. The summed E-state index contributed by atoms with van der Waals surface area (Å²) in [7, 11) is 0. The largest absolute Gasteiger partial charge is 0.370 e. The molecule has 0 bridgehead atoms. The van der Waals surface area contributed by atoms with E-state index in [0.29, 0.717) is 12.5 Å². The van der Waals surface area contributed by atoms with Crippen molar-refractivity contribution in [1.82, 2.24) is 4.90 Å². The summed E-state index contributed by atoms with van der Waals surface area (Å²) < 4.78 is 0. The van der Waals surface area contributed by atoms with Gasteiger partial charge in [-0.1, -0.05) is 14.4 Å². The van der Waals surface area contributed by atoms with Crippen molar-refractivity contribution in [2.24, 2.45) is 22.8 Å². The van der Waals surface area contributed by atoms with Crippen LogP contribution in [0.2, 0.25) is 0 Å². The third-order valence-corrected chi connectivity index (χ3v) is 4.79. The molecule has 1 heterocycles. The molecule has 21 heavy (non-hydrogen) atoms. The van der Waals surface area contributed by atoms with Crippen LogP contribution < -0.4 is 11.5 Å². The quantitative estimate of drug-likeness (QED) is 0.732. The van der Waals surface area contributed by atoms with E-state index in [9.17, 15) is 14.4 Å². The molecule has 2 aliphatic rings. The maximum atomic E-state index is 12.4. The fraction of sp³-hybridized carbons (Fsp3) is 0.800. The van der Waals surface area contributed by atoms with E-state index in [0.717, 1.165) is 25.7 Å². The molecule has 2 rings (SSSR count). The zero-order chi connectivity index (χ0) is 14.9. The first-order valence-electron chi connectivity index (χ1n) is 7.24. The third kappa shape index (κ3) is 3.36. The van der Waals surface area contributed by atoms with Gasteiger partial charge in [0.05, 0.1) is 5.41 Å². The number of hydrogen-bond donors (Lipinski definition) is 2. The van der Waals surface area contributed by atoms with Crippen molar-refractivity contribution in [3.8, 4) is 0 Å². The van der Waals surface area contributed by atoms with Crippen molar-refractivity contribution < 1.29 is 14.4 Å². The van der Waals surface area contributed by atoms with Crippen molar-refractivity contribution in [3.63, 3.8) is 0 Å². The van der Waals surface area contributed by atoms with Gasteiger partial charge in [-0.25, -0.2) is 0 Å². The minimum atomic E-state index is -0.694. The van der Waals surface area contributed by atoms with E-state index in [2.05, 4.69) is 6.92 Å². The van der Waals surface area contributed by atoms with Crippen molar-refractivity contribution in [2.45, 2.75) is 58.9 Å². The Bertz CT molecular complexity index is 428. The average Bonchev–Trinajstić information content (AvgIpc) is 2.39. The van der Waals surface area contributed by atoms with Gasteiger partial charge in [0, 0.05) is 13.0 Å². The van der Waals surface area contributed by atoms with Gasteiger partial charge >= 0.3 is 0 Å². The maximum Gasteiger partial charge on any atom is 0.240 e. The zero-order valence-corrected chi connectivity index (χ0v) is 11.9. The Balaban J connectivity index is 0.00000220. The second kappa shape index (κ2) is 6.45. The van der Waals surface area contributed by atoms with Gasteiger partial charge in [-0.2, -0.15) is 0 Å². The number of β-lactam (4-membered cyclic amide) rings is 1. The third-order valence-electron chi connectivity index (χ3n) is 4.79. The fourth-order valence-corrected chi connectivity index (χ4v) is 3.35. The molecule has 4 N–H and O–H groups in total. The first-order valence-corrected chi connectivity index (χ1v) is 7.24. The van der Waals surface area contributed by atoms with E-state index < -0.39 is 17.9 Å². The Labute approximate surface area is 126 Å². The lowest BCUT2D eigenvalue weighted by molar-refractivity contribution is -0.171. The van der Waals surface area contributed by atoms with Gasteiger partial charge in [0.2, 0.25) is 17.7 Å². The van der Waals surface area contributed by atoms with Crippen LogP contribution in [0.15, 0.2) is 0 Å². The number of carbonyl (C=O) groups is 3. The highest BCUT2D eigenvalue weighted by atomic mass is 16.2. The topological polar surface area (TPSA) is 106 Å². The molecule has 1 spiro atoms. The minimum Gasteiger partial charge on any atom is -0.370 e. The number of hydrogen-bond acceptors (Lipinski definition) is 3. The molecule has 0 aromatic heterocycles. The molecule has 120 valence electrons. The highest BCUT2D eigenvalue weighted by molar-refractivity contribution is 5.94. The Kier molecular flexibility index (Phi) is 5.36. The molecule has 1 atom stereocenters. The molecule has 1 saturated carbocycles. The second-order valence-corrected chi connectivity index (χ2v) is 6.32. The molecular formula is C15H27N3O3. The molecule has 2 fully saturated rings. The van der Waals surface area contributed by atoms with E-state index in [4.69, 9.17) is 11.5 Å². The predicted octanol–water partition coefficient (Wildman–Crippen LogP) is 0.781. The molecular weight excluding hydrogens is 270 g/mol. The average molecular weight is 297 g/mol. The van der Waals surface area contributed by atoms with Gasteiger partial charge in [0.1, 0.15) is 6.04 Å². The molecule has 0 radical (unpaired) electrons. The highest BCUT2D eigenvalue weighted by Crippen LogP contribution is 2.47. The maximum absolute atomic E-state index is 12.4. The molecule has 1 unspecified atom stereocenters. The Hall–Kier alpha value is -1.59. The van der Waals surface area contributed by atoms with Crippen LogP contribution in [0.25, 0.3) is 0 Å². The lowest BCUT2D eigenvalue weighted by Crippen LogP contribution is -2.67. The smallest absolute Gasteiger partial charge is 0.240 e. The van der Waals surface area contributed by atoms with E-state index in [1.807, 2.05) is 0 Å². The molecule has 0 aromatic rings. The number of amides is 3. The molecule has 3 amide bonds. The molecule has 6 nitrogen and oxygen atoms in total. The van der Waals surface area contributed by atoms with Crippen molar-refractivity contribution >= 4 is 17.7 Å². The van der Waals surface area contributed by atoms with Crippen LogP contribution in [0.5, 0.6) is 0 Å². The van der Waals surface area contributed by atoms with Crippen LogP contribution in [-0.4, -0.2) is 35.2 Å². The SMILES string of the molecule is C.CC1CCC2(CC1)CN(C(CCC(N)=O)C(N)=O)C2=O. The number of nitrogens with zero attached hydrogens (tertiary/aromatic N) is 1. The summed E-state index contributed by atoms with van der Waals surface area (Å²) in [5.41, 5.74) is 10.2. The molecule has 1 aliphatic carbocycles. The molecule has 1 saturated heterocycles. The Morgan fingerprint density at radius 3 is 2.33 bits per heavy atom. The standard InChI is InChI=1S/C14H23N3O3.CH4/c1-9-4-6-14(7-5-9)8-17(13(14)20)10(12(16)19)2-3-11(15)18;/h9-10H,2-8H2,1H3,(H2,15,18)(H2,16,19);1H4. The highest BCUT2D eigenvalue weighted by Gasteiger charge is 2.55. The summed E-state index contributed by atoms with van der Waals surface area (Å²) in [4.78, 5) is 36.3. The van der Waals surface area contributed by atoms with Crippen molar-refractivity contribution in [1.29, 1.82) is 0 Å². The normalized spacial score (nSPS) is 29.5. The molecule has 1 aliphatic heterocycles. The number of rotatable bonds is 5. The van der Waals surface area contributed by atoms with Crippen molar-refractivity contribution in [3.05, 3.63) is 0 Å². The lowest BCUT2D eigenvalue weighted by atomic mass is 9.65. The number of carbonyl (C=O) groups excluding carboxylic acids is 3. The van der Waals surface area contributed by atoms with E-state index in [1.165, 1.54) is 4.90 Å². The summed E-state index contributed by atoms with van der Waals surface area (Å²) in [6.07, 6.45) is 4.20. The van der Waals surface area contributed by atoms with E-state index in [1.54, 1.807) is 0 Å². The van der Waals surface area contributed by atoms with E-state index >= 15 is 0 Å². The van der Waals surface area contributed by atoms with Gasteiger partial charge in [-0.3, -0.25) is 14.4 Å². The summed E-state index contributed by atoms with van der Waals surface area (Å²) >= 11 is 0. The van der Waals surface area contributed by atoms with Gasteiger partial charge in [0.25, 0.3) is 0 Å². The van der Waals surface area contributed by atoms with Crippen LogP contribution in [0.3, 0.4) is 0 Å². The molecule has 6 heteroatoms. The number of primary amides is 2. The summed E-state index contributed by atoms with van der Waals surface area (Å²) in [6.45, 7) is 2.79. The van der Waals surface area contributed by atoms with Crippen LogP contribution in [0.1, 0.15) is 52.9 Å². The van der Waals surface area contributed by atoms with Crippen LogP contribution in [-0.2, 0) is 14.4 Å². The van der Waals surface area contributed by atoms with Crippen LogP contribution in [0.4, 0.5) is 0 Å². The van der Waals surface area contributed by atoms with Crippen LogP contribution in [0, 0.1) is 11.3 Å². The monoisotopic (exact) mass is 297 g/mol. The number of likely N-dealkylation sites (tertiary alicyclic amines) is 1. The van der Waals surface area contributed by atoms with Gasteiger partial charge in [0.15, 0.2) is 0 Å². The Morgan fingerprint density at radius 1 is 1.33 bits per heavy atom. The van der Waals surface area contributed by atoms with Crippen LogP contribution >= 0.6 is 0 Å². The number of nitrogens with two attached hydrogens (primary N) is 2. The zero-order valence-electron chi connectivity index (χ0n) is 11.9. The summed E-state index contributed by atoms with van der Waals surface area (Å²) in [5, 5.41) is 0. The summed E-state index contributed by atoms with van der Waals surface area (Å²) in [5.74, 6) is -0.342. The second-order valence-electron chi connectivity index (χ2n) is 6.32. The van der Waals surface area contributed by atoms with Crippen molar-refractivity contribution in [2.75, 3.05) is 6.54 Å². The minimum absolute atomic E-state index is 0. The van der Waals surface area contributed by atoms with Gasteiger partial charge in [-0.05, 0) is 38.0 Å². The summed E-state index contributed by atoms with van der Waals surface area (Å²) in [6, 6.07) is -0.694. The fourth-order valence-electron chi connectivity index (χ4n) is 3.35. The van der Waals surface area contributed by atoms with E-state index in [-0.39, 0.29) is 31.6 Å². The molecule has 0 aromatic carbocycles. The van der Waals surface area contributed by atoms with Gasteiger partial charge in [-0.15, -0.1) is 0 Å². The Morgan fingerprint density at radius 2 is 1.90 bits per heavy atom.